The molecule has 3 fully saturated rings. The van der Waals surface area contributed by atoms with E-state index in [1.807, 2.05) is 11.4 Å². The molecule has 106 valence electrons. The zero-order valence-electron chi connectivity index (χ0n) is 11.0. The Morgan fingerprint density at radius 2 is 2.10 bits per heavy atom. The van der Waals surface area contributed by atoms with Crippen molar-refractivity contribution in [2.24, 2.45) is 5.92 Å². The van der Waals surface area contributed by atoms with Gasteiger partial charge in [0.1, 0.15) is 10.7 Å². The van der Waals surface area contributed by atoms with Crippen molar-refractivity contribution in [1.29, 1.82) is 0 Å². The number of aromatic nitrogens is 1. The van der Waals surface area contributed by atoms with Crippen LogP contribution in [0.15, 0.2) is 11.4 Å². The fourth-order valence-corrected chi connectivity index (χ4v) is 5.49. The summed E-state index contributed by atoms with van der Waals surface area (Å²) >= 11 is 9.32. The summed E-state index contributed by atoms with van der Waals surface area (Å²) in [5, 5.41) is 4.64. The number of hydrogen-bond acceptors (Lipinski definition) is 5. The summed E-state index contributed by atoms with van der Waals surface area (Å²) in [5.41, 5.74) is 7.01. The van der Waals surface area contributed by atoms with Crippen molar-refractivity contribution < 1.29 is 0 Å². The van der Waals surface area contributed by atoms with Gasteiger partial charge in [0.05, 0.1) is 9.90 Å². The third-order valence-corrected chi connectivity index (χ3v) is 6.61. The number of thiazole rings is 1. The van der Waals surface area contributed by atoms with Crippen molar-refractivity contribution in [3.05, 3.63) is 16.5 Å². The topological polar surface area (TPSA) is 42.1 Å². The highest BCUT2D eigenvalue weighted by Gasteiger charge is 2.36. The van der Waals surface area contributed by atoms with Crippen LogP contribution in [-0.4, -0.2) is 17.6 Å². The molecule has 0 amide bonds. The summed E-state index contributed by atoms with van der Waals surface area (Å²) in [7, 11) is 0. The molecule has 0 unspecified atom stereocenters. The highest BCUT2D eigenvalue weighted by Crippen LogP contribution is 2.46. The van der Waals surface area contributed by atoms with Crippen molar-refractivity contribution in [3.8, 4) is 10.6 Å². The van der Waals surface area contributed by atoms with Gasteiger partial charge in [0, 0.05) is 18.0 Å². The Morgan fingerprint density at radius 1 is 1.30 bits per heavy atom. The molecular weight excluding hydrogens is 310 g/mol. The molecule has 2 aromatic heterocycles. The molecule has 3 aliphatic rings. The first-order valence-electron chi connectivity index (χ1n) is 6.98. The molecule has 6 heteroatoms. The van der Waals surface area contributed by atoms with E-state index in [-0.39, 0.29) is 0 Å². The number of hydrogen-bond donors (Lipinski definition) is 1. The molecular formula is C14H16ClN3S2. The summed E-state index contributed by atoms with van der Waals surface area (Å²) in [5.74, 6) is 0.850. The van der Waals surface area contributed by atoms with E-state index in [0.717, 1.165) is 21.5 Å². The smallest absolute Gasteiger partial charge is 0.182 e. The summed E-state index contributed by atoms with van der Waals surface area (Å²) in [6.07, 6.45) is 5.39. The molecule has 0 spiro atoms. The molecule has 0 aromatic carbocycles. The number of rotatable bonds is 2. The highest BCUT2D eigenvalue weighted by molar-refractivity contribution is 7.20. The van der Waals surface area contributed by atoms with E-state index in [1.165, 1.54) is 37.2 Å². The van der Waals surface area contributed by atoms with Gasteiger partial charge in [-0.05, 0) is 37.7 Å². The number of thiophene rings is 1. The fourth-order valence-electron chi connectivity index (χ4n) is 3.44. The average molecular weight is 326 g/mol. The van der Waals surface area contributed by atoms with Crippen LogP contribution in [0.3, 0.4) is 0 Å². The number of nitrogen functional groups attached to an aromatic ring is 1. The first-order chi connectivity index (χ1) is 9.70. The Bertz CT molecular complexity index is 628. The minimum Gasteiger partial charge on any atom is -0.375 e. The molecule has 0 radical (unpaired) electrons. The van der Waals surface area contributed by atoms with Crippen LogP contribution >= 0.6 is 34.3 Å². The van der Waals surface area contributed by atoms with Crippen LogP contribution in [-0.2, 0) is 0 Å². The van der Waals surface area contributed by atoms with Crippen LogP contribution in [0, 0.1) is 5.92 Å². The van der Waals surface area contributed by atoms with Gasteiger partial charge in [-0.15, -0.1) is 11.3 Å². The average Bonchev–Trinajstić information content (AvgIpc) is 3.06. The Morgan fingerprint density at radius 3 is 2.70 bits per heavy atom. The molecule has 20 heavy (non-hydrogen) atoms. The largest absolute Gasteiger partial charge is 0.375 e. The van der Waals surface area contributed by atoms with Crippen molar-refractivity contribution in [2.45, 2.75) is 31.7 Å². The van der Waals surface area contributed by atoms with E-state index in [0.29, 0.717) is 11.2 Å². The third kappa shape index (κ3) is 2.12. The Balaban J connectivity index is 1.75. The standard InChI is InChI=1S/C14H16ClN3S2/c15-9-5-11(19-7-9)12-13(20-14(16)17-12)18-6-8-1-3-10(18)4-2-8/h5,7-8,10H,1-4,6H2,(H2,16,17). The Hall–Kier alpha value is -0.780. The van der Waals surface area contributed by atoms with Gasteiger partial charge in [-0.25, -0.2) is 4.98 Å². The minimum atomic E-state index is 0.654. The third-order valence-electron chi connectivity index (χ3n) is 4.40. The van der Waals surface area contributed by atoms with Gasteiger partial charge in [0.2, 0.25) is 0 Å². The highest BCUT2D eigenvalue weighted by atomic mass is 35.5. The van der Waals surface area contributed by atoms with Crippen LogP contribution in [0.4, 0.5) is 10.1 Å². The number of halogens is 1. The maximum atomic E-state index is 6.06. The Labute approximate surface area is 131 Å². The molecule has 2 aromatic rings. The van der Waals surface area contributed by atoms with Gasteiger partial charge < -0.3 is 10.6 Å². The van der Waals surface area contributed by atoms with Gasteiger partial charge in [0.15, 0.2) is 5.13 Å². The van der Waals surface area contributed by atoms with Crippen molar-refractivity contribution >= 4 is 44.4 Å². The molecule has 1 saturated carbocycles. The van der Waals surface area contributed by atoms with E-state index in [4.69, 9.17) is 17.3 Å². The maximum absolute atomic E-state index is 6.06. The van der Waals surface area contributed by atoms with Crippen LogP contribution in [0.5, 0.6) is 0 Å². The molecule has 2 N–H and O–H groups in total. The molecule has 2 saturated heterocycles. The van der Waals surface area contributed by atoms with E-state index < -0.39 is 0 Å². The lowest BCUT2D eigenvalue weighted by Crippen LogP contribution is -2.48. The van der Waals surface area contributed by atoms with E-state index >= 15 is 0 Å². The maximum Gasteiger partial charge on any atom is 0.182 e. The second-order valence-corrected chi connectivity index (χ2v) is 8.02. The van der Waals surface area contributed by atoms with Gasteiger partial charge in [-0.2, -0.15) is 0 Å². The zero-order chi connectivity index (χ0) is 13.7. The van der Waals surface area contributed by atoms with Crippen molar-refractivity contribution in [2.75, 3.05) is 17.2 Å². The lowest BCUT2D eigenvalue weighted by atomic mass is 9.80. The zero-order valence-corrected chi connectivity index (χ0v) is 13.4. The van der Waals surface area contributed by atoms with Crippen molar-refractivity contribution in [1.82, 2.24) is 4.98 Å². The monoisotopic (exact) mass is 325 g/mol. The normalized spacial score (nSPS) is 25.4. The second-order valence-electron chi connectivity index (χ2n) is 5.66. The lowest BCUT2D eigenvalue weighted by Gasteiger charge is -2.46. The van der Waals surface area contributed by atoms with Crippen LogP contribution < -0.4 is 10.6 Å². The SMILES string of the molecule is Nc1nc(-c2cc(Cl)cs2)c(N2CC3CCC2CC3)s1. The molecule has 5 rings (SSSR count). The van der Waals surface area contributed by atoms with E-state index in [9.17, 15) is 0 Å². The van der Waals surface area contributed by atoms with Gasteiger partial charge >= 0.3 is 0 Å². The molecule has 1 aliphatic carbocycles. The quantitative estimate of drug-likeness (QED) is 0.884. The van der Waals surface area contributed by atoms with Gasteiger partial charge in [-0.1, -0.05) is 22.9 Å². The Kier molecular flexibility index (Phi) is 3.16. The van der Waals surface area contributed by atoms with Gasteiger partial charge in [-0.3, -0.25) is 0 Å². The number of nitrogens with zero attached hydrogens (tertiary/aromatic N) is 2. The summed E-state index contributed by atoms with van der Waals surface area (Å²) in [4.78, 5) is 8.23. The molecule has 2 aliphatic heterocycles. The van der Waals surface area contributed by atoms with Crippen LogP contribution in [0.1, 0.15) is 25.7 Å². The molecule has 4 heterocycles. The lowest BCUT2D eigenvalue weighted by molar-refractivity contribution is 0.253. The fraction of sp³-hybridized carbons (Fsp3) is 0.500. The number of nitrogens with two attached hydrogens (primary N) is 1. The molecule has 0 atom stereocenters. The van der Waals surface area contributed by atoms with Gasteiger partial charge in [0.25, 0.3) is 0 Å². The second kappa shape index (κ2) is 4.90. The number of piperidine rings is 2. The molecule has 3 nitrogen and oxygen atoms in total. The van der Waals surface area contributed by atoms with E-state index in [2.05, 4.69) is 9.88 Å². The number of fused-ring (bicyclic) bond motifs is 3. The minimum absolute atomic E-state index is 0.654. The van der Waals surface area contributed by atoms with Crippen molar-refractivity contribution in [3.63, 3.8) is 0 Å². The molecule has 2 bridgehead atoms. The van der Waals surface area contributed by atoms with Crippen LogP contribution in [0.25, 0.3) is 10.6 Å². The summed E-state index contributed by atoms with van der Waals surface area (Å²) in [6.45, 7) is 1.17. The number of anilines is 2. The predicted molar refractivity (Wildman–Crippen MR) is 87.9 cm³/mol. The first kappa shape index (κ1) is 12.9. The van der Waals surface area contributed by atoms with Crippen LogP contribution in [0.2, 0.25) is 5.02 Å². The van der Waals surface area contributed by atoms with E-state index in [1.54, 1.807) is 22.7 Å². The summed E-state index contributed by atoms with van der Waals surface area (Å²) < 4.78 is 0. The first-order valence-corrected chi connectivity index (χ1v) is 9.05. The predicted octanol–water partition coefficient (Wildman–Crippen LogP) is 4.49. The summed E-state index contributed by atoms with van der Waals surface area (Å²) in [6, 6.07) is 2.67.